The molecule has 3 N–H and O–H groups in total. The van der Waals surface area contributed by atoms with Crippen LogP contribution < -0.4 is 16.2 Å². The van der Waals surface area contributed by atoms with Gasteiger partial charge in [-0.25, -0.2) is 0 Å². The fourth-order valence-electron chi connectivity index (χ4n) is 2.07. The van der Waals surface area contributed by atoms with Gasteiger partial charge in [0, 0.05) is 13.0 Å². The van der Waals surface area contributed by atoms with Crippen molar-refractivity contribution in [2.45, 2.75) is 26.3 Å². The fraction of sp³-hybridized carbons (Fsp3) is 0.357. The number of amides is 3. The molecule has 0 saturated carbocycles. The molecule has 106 valence electrons. The molecule has 0 unspecified atom stereocenters. The maximum absolute atomic E-state index is 11.7. The first-order valence-electron chi connectivity index (χ1n) is 6.48. The number of nitrogens with one attached hydrogen (secondary N) is 3. The van der Waals surface area contributed by atoms with E-state index >= 15 is 0 Å². The van der Waals surface area contributed by atoms with E-state index in [2.05, 4.69) is 16.2 Å². The molecule has 0 aromatic heterocycles. The van der Waals surface area contributed by atoms with Crippen molar-refractivity contribution in [1.29, 1.82) is 0 Å². The fourth-order valence-corrected chi connectivity index (χ4v) is 2.07. The van der Waals surface area contributed by atoms with E-state index in [0.717, 1.165) is 11.1 Å². The van der Waals surface area contributed by atoms with Gasteiger partial charge in [0.25, 0.3) is 11.8 Å². The standard InChI is InChI=1S/C14H17N3O3/c1-9-3-2-4-10(7-9)8-15-12(18)6-5-11-13(19)16-17-14(11)20/h2-4,7,11H,5-6,8H2,1H3,(H,15,18)(H,16,19)(H,17,20). The summed E-state index contributed by atoms with van der Waals surface area (Å²) in [6.45, 7) is 2.44. The van der Waals surface area contributed by atoms with Crippen LogP contribution in [0.4, 0.5) is 0 Å². The minimum absolute atomic E-state index is 0.150. The molecule has 20 heavy (non-hydrogen) atoms. The molecule has 6 heteroatoms. The molecule has 1 aromatic rings. The zero-order valence-corrected chi connectivity index (χ0v) is 11.2. The second-order valence-corrected chi connectivity index (χ2v) is 4.84. The molecule has 6 nitrogen and oxygen atoms in total. The summed E-state index contributed by atoms with van der Waals surface area (Å²) in [5.74, 6) is -1.68. The normalized spacial score (nSPS) is 14.8. The highest BCUT2D eigenvalue weighted by molar-refractivity contribution is 6.05. The Balaban J connectivity index is 1.76. The molecule has 2 rings (SSSR count). The molecule has 1 aliphatic rings. The Bertz CT molecular complexity index is 526. The van der Waals surface area contributed by atoms with Crippen LogP contribution in [0, 0.1) is 12.8 Å². The molecular weight excluding hydrogens is 258 g/mol. The maximum Gasteiger partial charge on any atom is 0.251 e. The lowest BCUT2D eigenvalue weighted by molar-refractivity contribution is -0.128. The van der Waals surface area contributed by atoms with Gasteiger partial charge in [-0.05, 0) is 18.9 Å². The SMILES string of the molecule is Cc1cccc(CNC(=O)CCC2C(=O)NNC2=O)c1. The molecule has 1 saturated heterocycles. The molecule has 0 atom stereocenters. The van der Waals surface area contributed by atoms with Crippen molar-refractivity contribution in [3.05, 3.63) is 35.4 Å². The second-order valence-electron chi connectivity index (χ2n) is 4.84. The van der Waals surface area contributed by atoms with E-state index in [9.17, 15) is 14.4 Å². The van der Waals surface area contributed by atoms with Crippen LogP contribution in [0.3, 0.4) is 0 Å². The largest absolute Gasteiger partial charge is 0.352 e. The number of hydrogen-bond acceptors (Lipinski definition) is 3. The number of benzene rings is 1. The Kier molecular flexibility index (Phi) is 4.34. The molecule has 0 radical (unpaired) electrons. The second kappa shape index (κ2) is 6.18. The van der Waals surface area contributed by atoms with Crippen LogP contribution in [0.2, 0.25) is 0 Å². The Morgan fingerprint density at radius 2 is 1.95 bits per heavy atom. The molecule has 1 heterocycles. The van der Waals surface area contributed by atoms with Crippen LogP contribution in [-0.4, -0.2) is 17.7 Å². The third-order valence-electron chi connectivity index (χ3n) is 3.17. The quantitative estimate of drug-likeness (QED) is 0.669. The van der Waals surface area contributed by atoms with E-state index < -0.39 is 5.92 Å². The van der Waals surface area contributed by atoms with Gasteiger partial charge in [-0.3, -0.25) is 25.2 Å². The summed E-state index contributed by atoms with van der Waals surface area (Å²) in [7, 11) is 0. The summed E-state index contributed by atoms with van der Waals surface area (Å²) in [5, 5.41) is 2.78. The Morgan fingerprint density at radius 3 is 2.60 bits per heavy atom. The average Bonchev–Trinajstić information content (AvgIpc) is 2.74. The van der Waals surface area contributed by atoms with Gasteiger partial charge in [-0.2, -0.15) is 0 Å². The molecular formula is C14H17N3O3. The van der Waals surface area contributed by atoms with Crippen molar-refractivity contribution in [3.63, 3.8) is 0 Å². The molecule has 1 aliphatic heterocycles. The highest BCUT2D eigenvalue weighted by Crippen LogP contribution is 2.10. The van der Waals surface area contributed by atoms with Gasteiger partial charge < -0.3 is 5.32 Å². The summed E-state index contributed by atoms with van der Waals surface area (Å²) in [4.78, 5) is 34.3. The van der Waals surface area contributed by atoms with Crippen LogP contribution in [-0.2, 0) is 20.9 Å². The lowest BCUT2D eigenvalue weighted by atomic mass is 10.0. The number of hydrazine groups is 1. The number of hydrogen-bond donors (Lipinski definition) is 3. The highest BCUT2D eigenvalue weighted by Gasteiger charge is 2.32. The van der Waals surface area contributed by atoms with Crippen LogP contribution in [0.5, 0.6) is 0 Å². The zero-order valence-electron chi connectivity index (χ0n) is 11.2. The van der Waals surface area contributed by atoms with Gasteiger partial charge in [-0.15, -0.1) is 0 Å². The van der Waals surface area contributed by atoms with Crippen LogP contribution in [0.25, 0.3) is 0 Å². The third-order valence-corrected chi connectivity index (χ3v) is 3.17. The summed E-state index contributed by atoms with van der Waals surface area (Å²) < 4.78 is 0. The third kappa shape index (κ3) is 3.57. The van der Waals surface area contributed by atoms with Gasteiger partial charge in [0.15, 0.2) is 0 Å². The van der Waals surface area contributed by atoms with Gasteiger partial charge in [0.05, 0.1) is 0 Å². The highest BCUT2D eigenvalue weighted by atomic mass is 16.2. The first kappa shape index (κ1) is 14.0. The van der Waals surface area contributed by atoms with Crippen molar-refractivity contribution in [2.75, 3.05) is 0 Å². The van der Waals surface area contributed by atoms with Crippen molar-refractivity contribution in [1.82, 2.24) is 16.2 Å². The van der Waals surface area contributed by atoms with E-state index in [1.165, 1.54) is 0 Å². The number of aryl methyl sites for hydroxylation is 1. The molecule has 0 aliphatic carbocycles. The summed E-state index contributed by atoms with van der Waals surface area (Å²) in [6, 6.07) is 7.86. The first-order valence-corrected chi connectivity index (χ1v) is 6.48. The molecule has 0 bridgehead atoms. The van der Waals surface area contributed by atoms with Gasteiger partial charge in [0.1, 0.15) is 5.92 Å². The van der Waals surface area contributed by atoms with Crippen molar-refractivity contribution >= 4 is 17.7 Å². The summed E-state index contributed by atoms with van der Waals surface area (Å²) in [6.07, 6.45) is 0.370. The molecule has 3 amide bonds. The van der Waals surface area contributed by atoms with Gasteiger partial charge >= 0.3 is 0 Å². The van der Waals surface area contributed by atoms with Crippen LogP contribution in [0.1, 0.15) is 24.0 Å². The number of rotatable bonds is 5. The van der Waals surface area contributed by atoms with E-state index in [-0.39, 0.29) is 30.6 Å². The predicted octanol–water partition coefficient (Wildman–Crippen LogP) is 0.169. The topological polar surface area (TPSA) is 87.3 Å². The molecule has 1 aromatic carbocycles. The van der Waals surface area contributed by atoms with Crippen molar-refractivity contribution in [3.8, 4) is 0 Å². The Labute approximate surface area is 116 Å². The summed E-state index contributed by atoms with van der Waals surface area (Å²) in [5.41, 5.74) is 6.63. The van der Waals surface area contributed by atoms with Crippen LogP contribution in [0.15, 0.2) is 24.3 Å². The van der Waals surface area contributed by atoms with E-state index in [1.807, 2.05) is 31.2 Å². The van der Waals surface area contributed by atoms with E-state index in [1.54, 1.807) is 0 Å². The van der Waals surface area contributed by atoms with Crippen LogP contribution >= 0.6 is 0 Å². The lowest BCUT2D eigenvalue weighted by Crippen LogP contribution is -2.28. The number of carbonyl (C=O) groups excluding carboxylic acids is 3. The first-order chi connectivity index (χ1) is 9.56. The molecule has 0 spiro atoms. The molecule has 1 fully saturated rings. The summed E-state index contributed by atoms with van der Waals surface area (Å²) >= 11 is 0. The monoisotopic (exact) mass is 275 g/mol. The smallest absolute Gasteiger partial charge is 0.251 e. The Hall–Kier alpha value is -2.37. The average molecular weight is 275 g/mol. The maximum atomic E-state index is 11.7. The van der Waals surface area contributed by atoms with Gasteiger partial charge in [0.2, 0.25) is 5.91 Å². The lowest BCUT2D eigenvalue weighted by Gasteiger charge is -2.07. The van der Waals surface area contributed by atoms with E-state index in [0.29, 0.717) is 6.54 Å². The van der Waals surface area contributed by atoms with Crippen molar-refractivity contribution < 1.29 is 14.4 Å². The van der Waals surface area contributed by atoms with E-state index in [4.69, 9.17) is 0 Å². The minimum atomic E-state index is -0.764. The zero-order chi connectivity index (χ0) is 14.5. The number of carbonyl (C=O) groups is 3. The Morgan fingerprint density at radius 1 is 1.25 bits per heavy atom. The minimum Gasteiger partial charge on any atom is -0.352 e. The van der Waals surface area contributed by atoms with Gasteiger partial charge in [-0.1, -0.05) is 29.8 Å². The predicted molar refractivity (Wildman–Crippen MR) is 72.0 cm³/mol. The van der Waals surface area contributed by atoms with Crippen molar-refractivity contribution in [2.24, 2.45) is 5.92 Å².